The Labute approximate surface area is 537 Å². The minimum atomic E-state index is -4.95. The lowest BCUT2D eigenvalue weighted by Crippen LogP contribution is -2.30. The summed E-state index contributed by atoms with van der Waals surface area (Å²) in [6.45, 7) is 9.50. The standard InChI is InChI=1S/C69H134O17P2/c1-7-10-12-14-16-18-20-21-22-23-28-34-40-46-52-67(72)80-57-64(85-68(73)53-47-41-35-29-25-24-26-32-38-44-50-62(6)9-3)59-83-87(75,76)81-55-63(70)56-82-88(77,78)84-60-65(86-69(74)54-48-42-36-30-31-37-43-49-61(4)5)58-79-66(71)51-45-39-33-27-19-17-15-13-11-8-2/h61-65,70H,7-60H2,1-6H3,(H,75,76)(H,77,78)/t62?,63-,64-,65-/m1/s1. The Kier molecular flexibility index (Phi) is 59.9. The van der Waals surface area contributed by atoms with Crippen molar-refractivity contribution in [2.45, 2.75) is 368 Å². The normalized spacial score (nSPS) is 14.5. The van der Waals surface area contributed by atoms with Crippen molar-refractivity contribution < 1.29 is 80.2 Å². The summed E-state index contributed by atoms with van der Waals surface area (Å²) in [4.78, 5) is 72.5. The highest BCUT2D eigenvalue weighted by Crippen LogP contribution is 2.45. The van der Waals surface area contributed by atoms with Crippen molar-refractivity contribution in [3.05, 3.63) is 0 Å². The number of hydrogen-bond acceptors (Lipinski definition) is 15. The third kappa shape index (κ3) is 61.6. The Morgan fingerprint density at radius 3 is 0.864 bits per heavy atom. The fourth-order valence-electron chi connectivity index (χ4n) is 10.4. The summed E-state index contributed by atoms with van der Waals surface area (Å²) in [6, 6.07) is 0. The number of esters is 4. The fraction of sp³-hybridized carbons (Fsp3) is 0.942. The SMILES string of the molecule is CCCCCCCCCCCCCCCCC(=O)OC[C@H](COP(=O)(O)OC[C@@H](O)COP(=O)(O)OC[C@@H](COC(=O)CCCCCCCCCCCC)OC(=O)CCCCCCCCCC(C)C)OC(=O)CCCCCCCCCCCCC(C)CC. The number of ether oxygens (including phenoxy) is 4. The van der Waals surface area contributed by atoms with E-state index in [0.717, 1.165) is 95.8 Å². The van der Waals surface area contributed by atoms with E-state index in [2.05, 4.69) is 41.5 Å². The predicted molar refractivity (Wildman–Crippen MR) is 354 cm³/mol. The summed E-state index contributed by atoms with van der Waals surface area (Å²) < 4.78 is 68.2. The second-order valence-electron chi connectivity index (χ2n) is 25.6. The molecule has 0 aliphatic carbocycles. The number of rotatable bonds is 68. The summed E-state index contributed by atoms with van der Waals surface area (Å²) in [5.74, 6) is -0.628. The van der Waals surface area contributed by atoms with Gasteiger partial charge in [-0.1, -0.05) is 298 Å². The van der Waals surface area contributed by atoms with E-state index in [0.29, 0.717) is 31.6 Å². The molecule has 88 heavy (non-hydrogen) atoms. The van der Waals surface area contributed by atoms with Crippen LogP contribution in [0.4, 0.5) is 0 Å². The largest absolute Gasteiger partial charge is 0.472 e. The molecule has 0 amide bonds. The average molecular weight is 1300 g/mol. The number of carbonyl (C=O) groups is 4. The number of unbranched alkanes of at least 4 members (excludes halogenated alkanes) is 37. The molecule has 522 valence electrons. The number of aliphatic hydroxyl groups excluding tert-OH is 1. The zero-order valence-corrected chi connectivity index (χ0v) is 58.8. The first-order chi connectivity index (χ1) is 42.4. The van der Waals surface area contributed by atoms with Gasteiger partial charge in [-0.25, -0.2) is 9.13 Å². The molecule has 0 heterocycles. The second-order valence-corrected chi connectivity index (χ2v) is 28.5. The predicted octanol–water partition coefficient (Wildman–Crippen LogP) is 19.6. The molecule has 6 atom stereocenters. The fourth-order valence-corrected chi connectivity index (χ4v) is 12.0. The minimum absolute atomic E-state index is 0.104. The lowest BCUT2D eigenvalue weighted by atomic mass is 9.99. The van der Waals surface area contributed by atoms with Crippen LogP contribution in [0, 0.1) is 11.8 Å². The molecule has 3 unspecified atom stereocenters. The van der Waals surface area contributed by atoms with Crippen LogP contribution in [0.25, 0.3) is 0 Å². The molecule has 0 aliphatic rings. The maximum atomic E-state index is 13.0. The number of phosphoric acid groups is 2. The van der Waals surface area contributed by atoms with Gasteiger partial charge < -0.3 is 33.8 Å². The van der Waals surface area contributed by atoms with Gasteiger partial charge in [0.25, 0.3) is 0 Å². The molecule has 0 saturated heterocycles. The van der Waals surface area contributed by atoms with Gasteiger partial charge in [-0.3, -0.25) is 37.3 Å². The van der Waals surface area contributed by atoms with Crippen molar-refractivity contribution in [1.29, 1.82) is 0 Å². The van der Waals surface area contributed by atoms with E-state index in [4.69, 9.17) is 37.0 Å². The molecule has 0 rings (SSSR count). The maximum absolute atomic E-state index is 13.0. The molecule has 0 aromatic rings. The van der Waals surface area contributed by atoms with E-state index in [9.17, 15) is 43.2 Å². The zero-order chi connectivity index (χ0) is 65.0. The summed E-state index contributed by atoms with van der Waals surface area (Å²) in [7, 11) is -9.90. The quantitative estimate of drug-likeness (QED) is 0.0222. The third-order valence-electron chi connectivity index (χ3n) is 16.3. The van der Waals surface area contributed by atoms with Crippen molar-refractivity contribution in [2.24, 2.45) is 11.8 Å². The monoisotopic (exact) mass is 1300 g/mol. The van der Waals surface area contributed by atoms with Gasteiger partial charge in [0.05, 0.1) is 26.4 Å². The van der Waals surface area contributed by atoms with Gasteiger partial charge >= 0.3 is 39.5 Å². The van der Waals surface area contributed by atoms with Crippen LogP contribution in [0.2, 0.25) is 0 Å². The number of hydrogen-bond donors (Lipinski definition) is 3. The highest BCUT2D eigenvalue weighted by atomic mass is 31.2. The summed E-state index contributed by atoms with van der Waals surface area (Å²) >= 11 is 0. The third-order valence-corrected chi connectivity index (χ3v) is 18.2. The van der Waals surface area contributed by atoms with Gasteiger partial charge in [0.2, 0.25) is 0 Å². The molecule has 0 radical (unpaired) electrons. The van der Waals surface area contributed by atoms with Crippen LogP contribution in [-0.2, 0) is 65.4 Å². The highest BCUT2D eigenvalue weighted by molar-refractivity contribution is 7.47. The Morgan fingerprint density at radius 2 is 0.580 bits per heavy atom. The van der Waals surface area contributed by atoms with Gasteiger partial charge in [0.1, 0.15) is 19.3 Å². The smallest absolute Gasteiger partial charge is 0.462 e. The lowest BCUT2D eigenvalue weighted by molar-refractivity contribution is -0.161. The van der Waals surface area contributed by atoms with E-state index >= 15 is 0 Å². The Hall–Kier alpha value is -1.94. The Morgan fingerprint density at radius 1 is 0.330 bits per heavy atom. The number of aliphatic hydroxyl groups is 1. The van der Waals surface area contributed by atoms with E-state index in [1.807, 2.05) is 0 Å². The molecule has 0 aromatic carbocycles. The first-order valence-corrected chi connectivity index (χ1v) is 39.0. The van der Waals surface area contributed by atoms with E-state index in [1.165, 1.54) is 167 Å². The Balaban J connectivity index is 5.25. The molecule has 0 aromatic heterocycles. The first-order valence-electron chi connectivity index (χ1n) is 36.0. The van der Waals surface area contributed by atoms with Crippen LogP contribution < -0.4 is 0 Å². The van der Waals surface area contributed by atoms with Crippen LogP contribution in [0.3, 0.4) is 0 Å². The Bertz CT molecular complexity index is 1720. The molecular weight excluding hydrogens is 1160 g/mol. The van der Waals surface area contributed by atoms with Gasteiger partial charge in [-0.15, -0.1) is 0 Å². The van der Waals surface area contributed by atoms with E-state index in [1.54, 1.807) is 0 Å². The van der Waals surface area contributed by atoms with Gasteiger partial charge in [-0.2, -0.15) is 0 Å². The molecule has 3 N–H and O–H groups in total. The van der Waals surface area contributed by atoms with Crippen molar-refractivity contribution in [1.82, 2.24) is 0 Å². The van der Waals surface area contributed by atoms with Crippen LogP contribution in [-0.4, -0.2) is 96.7 Å². The van der Waals surface area contributed by atoms with Crippen molar-refractivity contribution in [2.75, 3.05) is 39.6 Å². The number of phosphoric ester groups is 2. The molecule has 19 heteroatoms. The topological polar surface area (TPSA) is 237 Å². The first kappa shape index (κ1) is 86.1. The molecule has 0 bridgehead atoms. The molecule has 0 spiro atoms. The van der Waals surface area contributed by atoms with Crippen LogP contribution >= 0.6 is 15.6 Å². The second kappa shape index (κ2) is 61.3. The van der Waals surface area contributed by atoms with Crippen LogP contribution in [0.1, 0.15) is 350 Å². The maximum Gasteiger partial charge on any atom is 0.472 e. The molecule has 0 fully saturated rings. The minimum Gasteiger partial charge on any atom is -0.462 e. The summed E-state index contributed by atoms with van der Waals surface area (Å²) in [5.41, 5.74) is 0. The summed E-state index contributed by atoms with van der Waals surface area (Å²) in [5, 5.41) is 10.6. The molecule has 0 aliphatic heterocycles. The van der Waals surface area contributed by atoms with Gasteiger partial charge in [-0.05, 0) is 37.5 Å². The van der Waals surface area contributed by atoms with Crippen LogP contribution in [0.5, 0.6) is 0 Å². The lowest BCUT2D eigenvalue weighted by Gasteiger charge is -2.21. The highest BCUT2D eigenvalue weighted by Gasteiger charge is 2.30. The van der Waals surface area contributed by atoms with Crippen molar-refractivity contribution in [3.8, 4) is 0 Å². The van der Waals surface area contributed by atoms with Crippen molar-refractivity contribution >= 4 is 39.5 Å². The van der Waals surface area contributed by atoms with E-state index < -0.39 is 97.5 Å². The molecule has 17 nitrogen and oxygen atoms in total. The van der Waals surface area contributed by atoms with Crippen molar-refractivity contribution in [3.63, 3.8) is 0 Å². The molecule has 0 saturated carbocycles. The molecular formula is C69H134O17P2. The van der Waals surface area contributed by atoms with Gasteiger partial charge in [0.15, 0.2) is 12.2 Å². The van der Waals surface area contributed by atoms with Gasteiger partial charge in [0, 0.05) is 25.7 Å². The van der Waals surface area contributed by atoms with E-state index in [-0.39, 0.29) is 25.7 Å². The number of carbonyl (C=O) groups excluding carboxylic acids is 4. The summed E-state index contributed by atoms with van der Waals surface area (Å²) in [6.07, 6.45) is 45.7. The zero-order valence-electron chi connectivity index (χ0n) is 57.0. The average Bonchev–Trinajstić information content (AvgIpc) is 3.51. The van der Waals surface area contributed by atoms with Crippen LogP contribution in [0.15, 0.2) is 0 Å².